The molecule has 0 saturated heterocycles. The molecule has 0 aliphatic heterocycles. The van der Waals surface area contributed by atoms with Crippen LogP contribution in [0.25, 0.3) is 10.2 Å². The Kier molecular flexibility index (Phi) is 4.45. The van der Waals surface area contributed by atoms with E-state index in [0.717, 1.165) is 5.52 Å². The first kappa shape index (κ1) is 16.0. The number of terminal acetylenes is 1. The minimum Gasteiger partial charge on any atom is -0.496 e. The van der Waals surface area contributed by atoms with Gasteiger partial charge in [-0.15, -0.1) is 6.42 Å². The van der Waals surface area contributed by atoms with Crippen molar-refractivity contribution in [3.05, 3.63) is 58.6 Å². The second-order valence-electron chi connectivity index (χ2n) is 4.90. The van der Waals surface area contributed by atoms with E-state index in [0.29, 0.717) is 20.8 Å². The molecular weight excluding hydrogens is 327 g/mol. The summed E-state index contributed by atoms with van der Waals surface area (Å²) in [5, 5.41) is 0. The zero-order valence-electron chi connectivity index (χ0n) is 12.8. The number of thiazole rings is 1. The number of para-hydroxylation sites is 1. The van der Waals surface area contributed by atoms with Crippen molar-refractivity contribution >= 4 is 27.5 Å². The van der Waals surface area contributed by atoms with E-state index in [9.17, 15) is 9.18 Å². The lowest BCUT2D eigenvalue weighted by atomic mass is 10.2. The van der Waals surface area contributed by atoms with Crippen LogP contribution in [-0.2, 0) is 6.54 Å². The third-order valence-corrected chi connectivity index (χ3v) is 4.47. The summed E-state index contributed by atoms with van der Waals surface area (Å²) in [7, 11) is 1.49. The monoisotopic (exact) mass is 340 g/mol. The second-order valence-corrected chi connectivity index (χ2v) is 5.91. The number of aromatic nitrogens is 1. The third-order valence-electron chi connectivity index (χ3n) is 3.43. The fourth-order valence-electron chi connectivity index (χ4n) is 2.34. The number of amides is 1. The van der Waals surface area contributed by atoms with E-state index in [4.69, 9.17) is 11.2 Å². The largest absolute Gasteiger partial charge is 0.496 e. The molecule has 0 fully saturated rings. The lowest BCUT2D eigenvalue weighted by molar-refractivity contribution is 0.0995. The van der Waals surface area contributed by atoms with Gasteiger partial charge in [0, 0.05) is 0 Å². The lowest BCUT2D eigenvalue weighted by Crippen LogP contribution is -2.16. The molecule has 1 amide bonds. The van der Waals surface area contributed by atoms with Crippen LogP contribution in [0.3, 0.4) is 0 Å². The Labute approximate surface area is 141 Å². The fraction of sp³-hybridized carbons (Fsp3) is 0.111. The average molecular weight is 340 g/mol. The minimum atomic E-state index is -0.440. The number of ether oxygens (including phenoxy) is 1. The number of hydrogen-bond donors (Lipinski definition) is 0. The SMILES string of the molecule is C#CCn1c(=NC(=O)c2ccccc2OC)sc2cc(F)ccc21. The summed E-state index contributed by atoms with van der Waals surface area (Å²) >= 11 is 1.21. The molecule has 0 spiro atoms. The lowest BCUT2D eigenvalue weighted by Gasteiger charge is -2.04. The maximum atomic E-state index is 13.4. The summed E-state index contributed by atoms with van der Waals surface area (Å²) in [6, 6.07) is 11.2. The molecule has 0 aliphatic carbocycles. The highest BCUT2D eigenvalue weighted by Gasteiger charge is 2.12. The summed E-state index contributed by atoms with van der Waals surface area (Å²) < 4.78 is 21.0. The topological polar surface area (TPSA) is 43.6 Å². The number of methoxy groups -OCH3 is 1. The van der Waals surface area contributed by atoms with Crippen molar-refractivity contribution in [3.8, 4) is 18.1 Å². The molecule has 0 radical (unpaired) electrons. The number of nitrogens with zero attached hydrogens (tertiary/aromatic N) is 2. The van der Waals surface area contributed by atoms with E-state index in [1.807, 2.05) is 0 Å². The van der Waals surface area contributed by atoms with Gasteiger partial charge in [0.2, 0.25) is 0 Å². The fourth-order valence-corrected chi connectivity index (χ4v) is 3.40. The van der Waals surface area contributed by atoms with Gasteiger partial charge in [0.05, 0.1) is 29.4 Å². The van der Waals surface area contributed by atoms with E-state index in [1.54, 1.807) is 34.9 Å². The quantitative estimate of drug-likeness (QED) is 0.687. The van der Waals surface area contributed by atoms with Crippen molar-refractivity contribution in [2.75, 3.05) is 7.11 Å². The molecule has 120 valence electrons. The molecule has 0 aliphatic rings. The molecule has 2 aromatic carbocycles. The van der Waals surface area contributed by atoms with Crippen molar-refractivity contribution in [2.24, 2.45) is 4.99 Å². The molecule has 0 unspecified atom stereocenters. The maximum Gasteiger partial charge on any atom is 0.283 e. The van der Waals surface area contributed by atoms with Crippen molar-refractivity contribution in [3.63, 3.8) is 0 Å². The van der Waals surface area contributed by atoms with Crippen LogP contribution in [0.2, 0.25) is 0 Å². The Morgan fingerprint density at radius 2 is 2.17 bits per heavy atom. The zero-order valence-corrected chi connectivity index (χ0v) is 13.6. The Morgan fingerprint density at radius 1 is 1.38 bits per heavy atom. The molecule has 4 nitrogen and oxygen atoms in total. The van der Waals surface area contributed by atoms with Gasteiger partial charge in [-0.05, 0) is 30.3 Å². The Morgan fingerprint density at radius 3 is 2.92 bits per heavy atom. The van der Waals surface area contributed by atoms with Crippen LogP contribution in [-0.4, -0.2) is 17.6 Å². The number of carbonyl (C=O) groups is 1. The van der Waals surface area contributed by atoms with Crippen LogP contribution < -0.4 is 9.54 Å². The van der Waals surface area contributed by atoms with Crippen LogP contribution in [0.15, 0.2) is 47.5 Å². The summed E-state index contributed by atoms with van der Waals surface area (Å²) in [6.07, 6.45) is 5.41. The molecule has 1 aromatic heterocycles. The molecule has 0 N–H and O–H groups in total. The summed E-state index contributed by atoms with van der Waals surface area (Å²) in [5.41, 5.74) is 1.10. The predicted octanol–water partition coefficient (Wildman–Crippen LogP) is 3.22. The molecule has 24 heavy (non-hydrogen) atoms. The number of fused-ring (bicyclic) bond motifs is 1. The highest BCUT2D eigenvalue weighted by molar-refractivity contribution is 7.16. The van der Waals surface area contributed by atoms with Crippen LogP contribution in [0.4, 0.5) is 4.39 Å². The standard InChI is InChI=1S/C18H13FN2O2S/c1-3-10-21-14-9-8-12(19)11-16(14)24-18(21)20-17(22)13-6-4-5-7-15(13)23-2/h1,4-9,11H,10H2,2H3. The highest BCUT2D eigenvalue weighted by Crippen LogP contribution is 2.20. The minimum absolute atomic E-state index is 0.240. The van der Waals surface area contributed by atoms with Crippen LogP contribution in [0.1, 0.15) is 10.4 Å². The molecular formula is C18H13FN2O2S. The zero-order chi connectivity index (χ0) is 17.1. The van der Waals surface area contributed by atoms with Crippen molar-refractivity contribution < 1.29 is 13.9 Å². The third kappa shape index (κ3) is 2.94. The molecule has 6 heteroatoms. The Hall–Kier alpha value is -2.91. The number of rotatable bonds is 3. The predicted molar refractivity (Wildman–Crippen MR) is 91.5 cm³/mol. The van der Waals surface area contributed by atoms with Crippen molar-refractivity contribution in [2.45, 2.75) is 6.54 Å². The molecule has 3 rings (SSSR count). The Bertz CT molecular complexity index is 1030. The summed E-state index contributed by atoms with van der Waals surface area (Å²) in [4.78, 5) is 17.1. The molecule has 0 atom stereocenters. The van der Waals surface area contributed by atoms with Gasteiger partial charge in [-0.1, -0.05) is 29.4 Å². The van der Waals surface area contributed by atoms with Gasteiger partial charge in [0.15, 0.2) is 4.80 Å². The van der Waals surface area contributed by atoms with Crippen LogP contribution >= 0.6 is 11.3 Å². The van der Waals surface area contributed by atoms with Gasteiger partial charge in [-0.3, -0.25) is 4.79 Å². The first-order valence-corrected chi connectivity index (χ1v) is 7.90. The molecule has 3 aromatic rings. The second kappa shape index (κ2) is 6.69. The average Bonchev–Trinajstić information content (AvgIpc) is 2.91. The van der Waals surface area contributed by atoms with Gasteiger partial charge >= 0.3 is 0 Å². The molecule has 1 heterocycles. The van der Waals surface area contributed by atoms with Crippen molar-refractivity contribution in [1.29, 1.82) is 0 Å². The van der Waals surface area contributed by atoms with Gasteiger partial charge in [-0.25, -0.2) is 4.39 Å². The smallest absolute Gasteiger partial charge is 0.283 e. The number of halogens is 1. The van der Waals surface area contributed by atoms with E-state index < -0.39 is 5.91 Å². The van der Waals surface area contributed by atoms with Gasteiger partial charge in [-0.2, -0.15) is 4.99 Å². The number of benzene rings is 2. The molecule has 0 saturated carbocycles. The normalized spacial score (nSPS) is 11.5. The first-order valence-electron chi connectivity index (χ1n) is 7.08. The van der Waals surface area contributed by atoms with E-state index in [-0.39, 0.29) is 12.4 Å². The highest BCUT2D eigenvalue weighted by atomic mass is 32.1. The van der Waals surface area contributed by atoms with Gasteiger partial charge in [0.1, 0.15) is 11.6 Å². The van der Waals surface area contributed by atoms with Gasteiger partial charge in [0.25, 0.3) is 5.91 Å². The van der Waals surface area contributed by atoms with E-state index >= 15 is 0 Å². The van der Waals surface area contributed by atoms with Crippen LogP contribution in [0.5, 0.6) is 5.75 Å². The van der Waals surface area contributed by atoms with Gasteiger partial charge < -0.3 is 9.30 Å². The molecule has 0 bridgehead atoms. The number of hydrogen-bond acceptors (Lipinski definition) is 3. The number of carbonyl (C=O) groups excluding carboxylic acids is 1. The van der Waals surface area contributed by atoms with Crippen LogP contribution in [0, 0.1) is 18.2 Å². The van der Waals surface area contributed by atoms with E-state index in [1.165, 1.54) is 30.6 Å². The van der Waals surface area contributed by atoms with Crippen molar-refractivity contribution in [1.82, 2.24) is 4.57 Å². The summed E-state index contributed by atoms with van der Waals surface area (Å²) in [5.74, 6) is 2.19. The van der Waals surface area contributed by atoms with E-state index in [2.05, 4.69) is 10.9 Å². The Balaban J connectivity index is 2.17. The first-order chi connectivity index (χ1) is 11.6. The maximum absolute atomic E-state index is 13.4. The summed E-state index contributed by atoms with van der Waals surface area (Å²) in [6.45, 7) is 0.240.